The Balaban J connectivity index is 2.76. The van der Waals surface area contributed by atoms with Crippen LogP contribution in [0, 0.1) is 12.8 Å². The number of carbonyl (C=O) groups is 1. The summed E-state index contributed by atoms with van der Waals surface area (Å²) in [5, 5.41) is 0. The average Bonchev–Trinajstić information content (AvgIpc) is 2.26. The van der Waals surface area contributed by atoms with Crippen LogP contribution in [-0.2, 0) is 14.8 Å². The molecule has 0 spiro atoms. The van der Waals surface area contributed by atoms with Crippen LogP contribution in [-0.4, -0.2) is 20.7 Å². The van der Waals surface area contributed by atoms with Crippen molar-refractivity contribution in [1.82, 2.24) is 4.72 Å². The van der Waals surface area contributed by atoms with Gasteiger partial charge in [-0.3, -0.25) is 4.79 Å². The van der Waals surface area contributed by atoms with Crippen molar-refractivity contribution in [1.29, 1.82) is 0 Å². The van der Waals surface area contributed by atoms with Gasteiger partial charge in [0.05, 0.1) is 4.90 Å². The molecule has 5 heteroatoms. The average molecular weight is 255 g/mol. The lowest BCUT2D eigenvalue weighted by Crippen LogP contribution is -2.30. The first-order chi connectivity index (χ1) is 7.83. The fourth-order valence-corrected chi connectivity index (χ4v) is 2.31. The molecule has 0 bridgehead atoms. The SMILES string of the molecule is CC(=O)C(C)CNS(=O)(=O)c1ccc(C)cc1. The maximum Gasteiger partial charge on any atom is 0.240 e. The Kier molecular flexibility index (Phi) is 4.42. The first kappa shape index (κ1) is 13.9. The van der Waals surface area contributed by atoms with Gasteiger partial charge in [0.1, 0.15) is 5.78 Å². The van der Waals surface area contributed by atoms with Crippen LogP contribution in [0.1, 0.15) is 19.4 Å². The van der Waals surface area contributed by atoms with Gasteiger partial charge >= 0.3 is 0 Å². The molecule has 4 nitrogen and oxygen atoms in total. The number of benzene rings is 1. The second-order valence-corrected chi connectivity index (χ2v) is 5.94. The van der Waals surface area contributed by atoms with E-state index in [4.69, 9.17) is 0 Å². The van der Waals surface area contributed by atoms with E-state index in [2.05, 4.69) is 4.72 Å². The summed E-state index contributed by atoms with van der Waals surface area (Å²) in [4.78, 5) is 11.2. The van der Waals surface area contributed by atoms with Gasteiger partial charge in [-0.2, -0.15) is 0 Å². The molecule has 0 amide bonds. The minimum absolute atomic E-state index is 0.0309. The molecule has 0 aliphatic carbocycles. The minimum atomic E-state index is -3.51. The summed E-state index contributed by atoms with van der Waals surface area (Å²) in [6.45, 7) is 5.16. The van der Waals surface area contributed by atoms with Crippen molar-refractivity contribution in [2.75, 3.05) is 6.54 Å². The highest BCUT2D eigenvalue weighted by Gasteiger charge is 2.16. The summed E-state index contributed by atoms with van der Waals surface area (Å²) >= 11 is 0. The minimum Gasteiger partial charge on any atom is -0.300 e. The molecule has 1 unspecified atom stereocenters. The van der Waals surface area contributed by atoms with Crippen LogP contribution < -0.4 is 4.72 Å². The van der Waals surface area contributed by atoms with Crippen molar-refractivity contribution in [3.63, 3.8) is 0 Å². The highest BCUT2D eigenvalue weighted by atomic mass is 32.2. The number of aryl methyl sites for hydroxylation is 1. The number of Topliss-reactive ketones (excluding diaryl/α,β-unsaturated/α-hetero) is 1. The molecule has 0 saturated heterocycles. The van der Waals surface area contributed by atoms with Gasteiger partial charge < -0.3 is 0 Å². The van der Waals surface area contributed by atoms with Crippen LogP contribution in [0.2, 0.25) is 0 Å². The van der Waals surface area contributed by atoms with Gasteiger partial charge in [-0.05, 0) is 26.0 Å². The van der Waals surface area contributed by atoms with Crippen LogP contribution in [0.15, 0.2) is 29.2 Å². The summed E-state index contributed by atoms with van der Waals surface area (Å²) in [6.07, 6.45) is 0. The van der Waals surface area contributed by atoms with Gasteiger partial charge in [0, 0.05) is 12.5 Å². The van der Waals surface area contributed by atoms with Crippen molar-refractivity contribution in [3.05, 3.63) is 29.8 Å². The lowest BCUT2D eigenvalue weighted by Gasteiger charge is -2.10. The summed E-state index contributed by atoms with van der Waals surface area (Å²) in [5.74, 6) is -0.341. The lowest BCUT2D eigenvalue weighted by molar-refractivity contribution is -0.120. The van der Waals surface area contributed by atoms with E-state index in [1.165, 1.54) is 6.92 Å². The Morgan fingerprint density at radius 1 is 1.29 bits per heavy atom. The fraction of sp³-hybridized carbons (Fsp3) is 0.417. The Bertz CT molecular complexity index is 491. The molecule has 1 N–H and O–H groups in total. The molecule has 1 aromatic rings. The van der Waals surface area contributed by atoms with Gasteiger partial charge in [0.2, 0.25) is 10.0 Å². The number of ketones is 1. The molecular formula is C12H17NO3S. The summed E-state index contributed by atoms with van der Waals surface area (Å²) in [5.41, 5.74) is 1.00. The molecule has 1 rings (SSSR count). The topological polar surface area (TPSA) is 63.2 Å². The summed E-state index contributed by atoms with van der Waals surface area (Å²) < 4.78 is 26.1. The Morgan fingerprint density at radius 3 is 2.29 bits per heavy atom. The molecule has 0 fully saturated rings. The Morgan fingerprint density at radius 2 is 1.82 bits per heavy atom. The van der Waals surface area contributed by atoms with Gasteiger partial charge in [0.15, 0.2) is 0 Å². The number of hydrogen-bond acceptors (Lipinski definition) is 3. The van der Waals surface area contributed by atoms with Crippen LogP contribution in [0.4, 0.5) is 0 Å². The zero-order valence-electron chi connectivity index (χ0n) is 10.2. The van der Waals surface area contributed by atoms with Gasteiger partial charge in [-0.15, -0.1) is 0 Å². The maximum atomic E-state index is 11.8. The van der Waals surface area contributed by atoms with Gasteiger partial charge in [-0.25, -0.2) is 13.1 Å². The number of nitrogens with one attached hydrogen (secondary N) is 1. The second-order valence-electron chi connectivity index (χ2n) is 4.18. The van der Waals surface area contributed by atoms with Crippen molar-refractivity contribution < 1.29 is 13.2 Å². The van der Waals surface area contributed by atoms with E-state index in [0.717, 1.165) is 5.56 Å². The van der Waals surface area contributed by atoms with E-state index in [1.807, 2.05) is 6.92 Å². The molecule has 1 atom stereocenters. The predicted octanol–water partition coefficient (Wildman–Crippen LogP) is 1.50. The number of sulfonamides is 1. The molecule has 0 radical (unpaired) electrons. The fourth-order valence-electron chi connectivity index (χ4n) is 1.18. The summed E-state index contributed by atoms with van der Waals surface area (Å²) in [7, 11) is -3.51. The zero-order valence-corrected chi connectivity index (χ0v) is 11.0. The Hall–Kier alpha value is -1.20. The highest BCUT2D eigenvalue weighted by molar-refractivity contribution is 7.89. The smallest absolute Gasteiger partial charge is 0.240 e. The molecule has 94 valence electrons. The standard InChI is InChI=1S/C12H17NO3S/c1-9-4-6-12(7-5-9)17(15,16)13-8-10(2)11(3)14/h4-7,10,13H,8H2,1-3H3. The third kappa shape index (κ3) is 3.94. The van der Waals surface area contributed by atoms with E-state index in [9.17, 15) is 13.2 Å². The maximum absolute atomic E-state index is 11.8. The number of carbonyl (C=O) groups excluding carboxylic acids is 1. The van der Waals surface area contributed by atoms with E-state index in [-0.39, 0.29) is 23.1 Å². The van der Waals surface area contributed by atoms with Crippen LogP contribution in [0.3, 0.4) is 0 Å². The van der Waals surface area contributed by atoms with Crippen molar-refractivity contribution >= 4 is 15.8 Å². The van der Waals surface area contributed by atoms with Crippen LogP contribution in [0.25, 0.3) is 0 Å². The monoisotopic (exact) mass is 255 g/mol. The quantitative estimate of drug-likeness (QED) is 0.867. The number of rotatable bonds is 5. The van der Waals surface area contributed by atoms with Crippen molar-refractivity contribution in [2.24, 2.45) is 5.92 Å². The normalized spacial score (nSPS) is 13.4. The first-order valence-corrected chi connectivity index (χ1v) is 6.88. The predicted molar refractivity (Wildman–Crippen MR) is 66.2 cm³/mol. The van der Waals surface area contributed by atoms with E-state index in [1.54, 1.807) is 31.2 Å². The lowest BCUT2D eigenvalue weighted by atomic mass is 10.1. The molecule has 0 aromatic heterocycles. The van der Waals surface area contributed by atoms with E-state index >= 15 is 0 Å². The third-order valence-electron chi connectivity index (χ3n) is 2.60. The third-order valence-corrected chi connectivity index (χ3v) is 4.04. The van der Waals surface area contributed by atoms with Crippen molar-refractivity contribution in [3.8, 4) is 0 Å². The largest absolute Gasteiger partial charge is 0.300 e. The molecule has 0 saturated carbocycles. The Labute approximate surface area is 102 Å². The molecule has 0 aliphatic heterocycles. The molecule has 17 heavy (non-hydrogen) atoms. The van der Waals surface area contributed by atoms with E-state index in [0.29, 0.717) is 0 Å². The second kappa shape index (κ2) is 5.42. The summed E-state index contributed by atoms with van der Waals surface area (Å²) in [6, 6.07) is 6.58. The molecule has 1 aromatic carbocycles. The van der Waals surface area contributed by atoms with Crippen molar-refractivity contribution in [2.45, 2.75) is 25.7 Å². The first-order valence-electron chi connectivity index (χ1n) is 5.39. The highest BCUT2D eigenvalue weighted by Crippen LogP contribution is 2.10. The zero-order chi connectivity index (χ0) is 13.1. The number of hydrogen-bond donors (Lipinski definition) is 1. The molecule has 0 aliphatic rings. The van der Waals surface area contributed by atoms with Crippen LogP contribution in [0.5, 0.6) is 0 Å². The van der Waals surface area contributed by atoms with E-state index < -0.39 is 10.0 Å². The van der Waals surface area contributed by atoms with Crippen LogP contribution >= 0.6 is 0 Å². The van der Waals surface area contributed by atoms with Gasteiger partial charge in [0.25, 0.3) is 0 Å². The molecule has 0 heterocycles. The van der Waals surface area contributed by atoms with Gasteiger partial charge in [-0.1, -0.05) is 24.6 Å². The molecular weight excluding hydrogens is 238 g/mol.